The zero-order valence-corrected chi connectivity index (χ0v) is 15.2. The van der Waals surface area contributed by atoms with Crippen molar-refractivity contribution in [3.8, 4) is 0 Å². The Bertz CT molecular complexity index is 351. The quantitative estimate of drug-likeness (QED) is 0.598. The third-order valence-electron chi connectivity index (χ3n) is 1.83. The van der Waals surface area contributed by atoms with Gasteiger partial charge in [-0.25, -0.2) is 9.97 Å². The molecule has 0 bridgehead atoms. The molecule has 126 valence electrons. The lowest BCUT2D eigenvalue weighted by Gasteiger charge is -1.87. The minimum Gasteiger partial charge on any atom is -0.614 e. The minimum atomic E-state index is 0.750. The summed E-state index contributed by atoms with van der Waals surface area (Å²) in [5.41, 5.74) is 0. The molecule has 0 atom stereocenters. The van der Waals surface area contributed by atoms with E-state index in [1.807, 2.05) is 27.7 Å². The molecular formula is C17H33N4O+. The van der Waals surface area contributed by atoms with Crippen molar-refractivity contribution in [1.29, 1.82) is 0 Å². The van der Waals surface area contributed by atoms with Crippen molar-refractivity contribution in [2.45, 2.75) is 54.4 Å². The van der Waals surface area contributed by atoms with E-state index in [-0.39, 0.29) is 0 Å². The van der Waals surface area contributed by atoms with Crippen LogP contribution in [0.15, 0.2) is 49.6 Å². The zero-order valence-electron chi connectivity index (χ0n) is 15.2. The Morgan fingerprint density at radius 2 is 1.36 bits per heavy atom. The molecule has 0 aliphatic carbocycles. The Hall–Kier alpha value is -2.04. The first-order chi connectivity index (χ1) is 10.7. The second-order valence-electron chi connectivity index (χ2n) is 3.54. The van der Waals surface area contributed by atoms with Crippen molar-refractivity contribution >= 4 is 0 Å². The highest BCUT2D eigenvalue weighted by molar-refractivity contribution is 4.74. The summed E-state index contributed by atoms with van der Waals surface area (Å²) in [6, 6.07) is 3.47. The van der Waals surface area contributed by atoms with Crippen LogP contribution in [0.3, 0.4) is 0 Å². The number of hydrogen-bond donors (Lipinski definition) is 0. The number of hydrogen-bond acceptors (Lipinski definition) is 3. The van der Waals surface area contributed by atoms with Gasteiger partial charge in [-0.2, -0.15) is 4.57 Å². The van der Waals surface area contributed by atoms with Gasteiger partial charge in [-0.15, -0.1) is 4.73 Å². The predicted molar refractivity (Wildman–Crippen MR) is 91.9 cm³/mol. The predicted octanol–water partition coefficient (Wildman–Crippen LogP) is 3.48. The first-order valence-electron chi connectivity index (χ1n) is 7.94. The van der Waals surface area contributed by atoms with Gasteiger partial charge in [0.2, 0.25) is 0 Å². The highest BCUT2D eigenvalue weighted by Gasteiger charge is 1.91. The molecule has 0 saturated carbocycles. The van der Waals surface area contributed by atoms with E-state index in [0.717, 1.165) is 4.73 Å². The number of aromatic nitrogens is 4. The second-order valence-corrected chi connectivity index (χ2v) is 3.54. The number of nitrogens with zero attached hydrogens (tertiary/aromatic N) is 4. The molecule has 2 heterocycles. The van der Waals surface area contributed by atoms with E-state index in [4.69, 9.17) is 0 Å². The lowest BCUT2D eigenvalue weighted by Crippen LogP contribution is -2.40. The van der Waals surface area contributed by atoms with E-state index in [9.17, 15) is 5.21 Å². The second kappa shape index (κ2) is 24.0. The molecule has 0 radical (unpaired) electrons. The average molecular weight is 309 g/mol. The number of unbranched alkanes of at least 4 members (excludes halogenated alkanes) is 1. The van der Waals surface area contributed by atoms with Crippen LogP contribution in [0.2, 0.25) is 0 Å². The van der Waals surface area contributed by atoms with Crippen molar-refractivity contribution < 1.29 is 9.30 Å². The Labute approximate surface area is 136 Å². The van der Waals surface area contributed by atoms with Gasteiger partial charge in [0.1, 0.15) is 13.4 Å². The molecule has 0 amide bonds. The van der Waals surface area contributed by atoms with Gasteiger partial charge >= 0.3 is 6.33 Å². The van der Waals surface area contributed by atoms with E-state index in [1.54, 1.807) is 42.3 Å². The van der Waals surface area contributed by atoms with Gasteiger partial charge in [-0.1, -0.05) is 54.4 Å². The van der Waals surface area contributed by atoms with Gasteiger partial charge < -0.3 is 5.21 Å². The van der Waals surface area contributed by atoms with Crippen LogP contribution in [-0.4, -0.2) is 9.97 Å². The lowest BCUT2D eigenvalue weighted by atomic mass is 10.4. The molecule has 0 aliphatic rings. The summed E-state index contributed by atoms with van der Waals surface area (Å²) < 4.78 is 2.44. The normalized spacial score (nSPS) is 7.41. The van der Waals surface area contributed by atoms with Crippen molar-refractivity contribution in [3.63, 3.8) is 0 Å². The molecule has 0 aromatic carbocycles. The largest absolute Gasteiger partial charge is 0.614 e. The Morgan fingerprint density at radius 1 is 0.864 bits per heavy atom. The van der Waals surface area contributed by atoms with Crippen LogP contribution < -0.4 is 9.30 Å². The summed E-state index contributed by atoms with van der Waals surface area (Å²) >= 11 is 0. The van der Waals surface area contributed by atoms with Gasteiger partial charge in [-0.3, -0.25) is 0 Å². The molecule has 2 rings (SSSR count). The summed E-state index contributed by atoms with van der Waals surface area (Å²) in [4.78, 5) is 7.35. The number of aryl methyl sites for hydroxylation is 1. The molecule has 0 aliphatic heterocycles. The monoisotopic (exact) mass is 309 g/mol. The van der Waals surface area contributed by atoms with Gasteiger partial charge in [0.05, 0.1) is 6.07 Å². The van der Waals surface area contributed by atoms with Crippen LogP contribution in [0.1, 0.15) is 54.4 Å². The zero-order chi connectivity index (χ0) is 17.6. The molecule has 0 saturated heterocycles. The fourth-order valence-electron chi connectivity index (χ4n) is 0.769. The van der Waals surface area contributed by atoms with E-state index >= 15 is 0 Å². The molecule has 22 heavy (non-hydrogen) atoms. The van der Waals surface area contributed by atoms with Crippen molar-refractivity contribution in [1.82, 2.24) is 9.97 Å². The van der Waals surface area contributed by atoms with Crippen LogP contribution in [0, 0.1) is 5.21 Å². The molecule has 0 spiro atoms. The van der Waals surface area contributed by atoms with Gasteiger partial charge in [0.25, 0.3) is 0 Å². The molecular weight excluding hydrogens is 276 g/mol. The smallest absolute Gasteiger partial charge is 0.417 e. The van der Waals surface area contributed by atoms with Crippen molar-refractivity contribution in [3.05, 3.63) is 54.8 Å². The van der Waals surface area contributed by atoms with E-state index in [0.29, 0.717) is 0 Å². The first kappa shape index (κ1) is 24.9. The molecule has 2 aromatic heterocycles. The van der Waals surface area contributed by atoms with Crippen LogP contribution in [0.25, 0.3) is 0 Å². The molecule has 0 unspecified atom stereocenters. The van der Waals surface area contributed by atoms with E-state index in [2.05, 4.69) is 23.8 Å². The Morgan fingerprint density at radius 3 is 1.55 bits per heavy atom. The molecule has 5 heteroatoms. The first-order valence-corrected chi connectivity index (χ1v) is 7.94. The third-order valence-corrected chi connectivity index (χ3v) is 1.83. The van der Waals surface area contributed by atoms with E-state index in [1.165, 1.54) is 31.7 Å². The summed E-state index contributed by atoms with van der Waals surface area (Å²) in [6.07, 6.45) is 12.2. The van der Waals surface area contributed by atoms with Crippen molar-refractivity contribution in [2.75, 3.05) is 0 Å². The summed E-state index contributed by atoms with van der Waals surface area (Å²) in [5.74, 6) is 0. The lowest BCUT2D eigenvalue weighted by molar-refractivity contribution is -0.778. The fraction of sp³-hybridized carbons (Fsp3) is 0.529. The van der Waals surface area contributed by atoms with Gasteiger partial charge in [-0.05, 0) is 6.07 Å². The summed E-state index contributed by atoms with van der Waals surface area (Å²) in [5, 5.41) is 10.4. The number of rotatable bonds is 1. The SMILES string of the molecule is CC.CC.CCCC.C[n+]1ccc[n+]([O-])c1.c1cncnc1. The molecule has 0 N–H and O–H groups in total. The summed E-state index contributed by atoms with van der Waals surface area (Å²) in [6.45, 7) is 12.4. The Balaban J connectivity index is -0.000000230. The third kappa shape index (κ3) is 23.1. The van der Waals surface area contributed by atoms with Crippen molar-refractivity contribution in [2.24, 2.45) is 7.05 Å². The Kier molecular flexibility index (Phi) is 27.2. The standard InChI is InChI=1S/C5H7N2O.C4H4N2.C4H10.2C2H6/c1-6-3-2-4-7(8)5-6;1-2-5-4-6-3-1;1-3-4-2;2*1-2/h2-5H,1H3;1-4H;3-4H2,1-2H3;2*1-2H3/q+1;;;;. The van der Waals surface area contributed by atoms with Crippen LogP contribution >= 0.6 is 0 Å². The topological polar surface area (TPSA) is 56.6 Å². The van der Waals surface area contributed by atoms with E-state index < -0.39 is 0 Å². The fourth-order valence-corrected chi connectivity index (χ4v) is 0.769. The molecule has 5 nitrogen and oxygen atoms in total. The maximum Gasteiger partial charge on any atom is 0.417 e. The minimum absolute atomic E-state index is 0.750. The van der Waals surface area contributed by atoms with Crippen LogP contribution in [0.5, 0.6) is 0 Å². The van der Waals surface area contributed by atoms with Gasteiger partial charge in [0, 0.05) is 12.4 Å². The highest BCUT2D eigenvalue weighted by atomic mass is 16.5. The highest BCUT2D eigenvalue weighted by Crippen LogP contribution is 1.76. The maximum absolute atomic E-state index is 10.4. The average Bonchev–Trinajstić information content (AvgIpc) is 2.60. The molecule has 0 fully saturated rings. The molecule has 2 aromatic rings. The maximum atomic E-state index is 10.4. The van der Waals surface area contributed by atoms with Crippen LogP contribution in [0.4, 0.5) is 0 Å². The summed E-state index contributed by atoms with van der Waals surface area (Å²) in [7, 11) is 1.80. The van der Waals surface area contributed by atoms with Crippen LogP contribution in [-0.2, 0) is 7.05 Å². The van der Waals surface area contributed by atoms with Gasteiger partial charge in [0.15, 0.2) is 12.4 Å².